The molecule has 2 aliphatic heterocycles. The van der Waals surface area contributed by atoms with E-state index in [1.807, 2.05) is 60.7 Å². The first-order valence-corrected chi connectivity index (χ1v) is 26.1. The maximum atomic E-state index is 9.38. The molecule has 0 atom stereocenters. The van der Waals surface area contributed by atoms with Gasteiger partial charge in [0.2, 0.25) is 0 Å². The summed E-state index contributed by atoms with van der Waals surface area (Å²) in [5.41, 5.74) is 18.0. The van der Waals surface area contributed by atoms with Crippen molar-refractivity contribution in [3.63, 3.8) is 0 Å². The zero-order chi connectivity index (χ0) is 58.4. The van der Waals surface area contributed by atoms with Crippen LogP contribution in [0.3, 0.4) is 0 Å². The Morgan fingerprint density at radius 3 is 1.08 bits per heavy atom. The molecule has 14 rings (SSSR count). The fourth-order valence-electron chi connectivity index (χ4n) is 12.3. The highest BCUT2D eigenvalue weighted by molar-refractivity contribution is 7.00. The normalized spacial score (nSPS) is 15.6. The van der Waals surface area contributed by atoms with E-state index >= 15 is 0 Å². The van der Waals surface area contributed by atoms with Gasteiger partial charge in [0.25, 0.3) is 6.71 Å². The van der Waals surface area contributed by atoms with Crippen LogP contribution in [-0.2, 0) is 0 Å². The van der Waals surface area contributed by atoms with Crippen molar-refractivity contribution in [3.8, 4) is 66.8 Å². The maximum Gasteiger partial charge on any atom is 0.252 e. The van der Waals surface area contributed by atoms with Gasteiger partial charge in [0.1, 0.15) is 0 Å². The Kier molecular flexibility index (Phi) is 9.02. The summed E-state index contributed by atoms with van der Waals surface area (Å²) in [6.07, 6.45) is 5.40. The van der Waals surface area contributed by atoms with Crippen molar-refractivity contribution in [3.05, 3.63) is 272 Å². The second kappa shape index (κ2) is 19.2. The van der Waals surface area contributed by atoms with Crippen molar-refractivity contribution in [1.82, 2.24) is 0 Å². The summed E-state index contributed by atoms with van der Waals surface area (Å²) in [5, 5.41) is 0. The summed E-state index contributed by atoms with van der Waals surface area (Å²) < 4.78 is 90.3. The van der Waals surface area contributed by atoms with E-state index in [2.05, 4.69) is 155 Å². The van der Waals surface area contributed by atoms with Crippen LogP contribution in [0, 0.1) is 0 Å². The second-order valence-corrected chi connectivity index (χ2v) is 19.8. The maximum absolute atomic E-state index is 9.38. The van der Waals surface area contributed by atoms with Crippen LogP contribution in [-0.4, -0.2) is 6.71 Å². The number of nitrogens with zero attached hydrogens (tertiary/aromatic N) is 2. The van der Waals surface area contributed by atoms with Crippen LogP contribution in [0.15, 0.2) is 267 Å². The first-order chi connectivity index (χ1) is 41.4. The van der Waals surface area contributed by atoms with Crippen LogP contribution in [0.2, 0.25) is 0 Å². The van der Waals surface area contributed by atoms with Crippen molar-refractivity contribution in [1.29, 1.82) is 0 Å². The molecule has 11 aromatic carbocycles. The Labute approximate surface area is 456 Å². The third-order valence-corrected chi connectivity index (χ3v) is 15.6. The average molecular weight is 969 g/mol. The van der Waals surface area contributed by atoms with Crippen molar-refractivity contribution in [2.24, 2.45) is 0 Å². The summed E-state index contributed by atoms with van der Waals surface area (Å²) in [7, 11) is 0. The number of anilines is 6. The number of benzene rings is 11. The molecule has 0 unspecified atom stereocenters. The Morgan fingerprint density at radius 2 is 0.707 bits per heavy atom. The van der Waals surface area contributed by atoms with Gasteiger partial charge in [-0.1, -0.05) is 262 Å². The summed E-state index contributed by atoms with van der Waals surface area (Å²) in [6, 6.07) is 67.3. The zero-order valence-corrected chi connectivity index (χ0v) is 41.2. The molecule has 1 aliphatic carbocycles. The third kappa shape index (κ3) is 7.90. The van der Waals surface area contributed by atoms with Crippen LogP contribution >= 0.6 is 0 Å². The smallest absolute Gasteiger partial charge is 0.252 e. The Balaban J connectivity index is 1.19. The minimum atomic E-state index is -0.648. The number of rotatable bonds is 9. The number of hydrogen-bond donors (Lipinski definition) is 0. The first kappa shape index (κ1) is 35.3. The van der Waals surface area contributed by atoms with Crippen LogP contribution < -0.4 is 26.2 Å². The average Bonchev–Trinajstić information content (AvgIpc) is 0.880. The summed E-state index contributed by atoms with van der Waals surface area (Å²) in [6.45, 7) is -0.648. The van der Waals surface area contributed by atoms with Gasteiger partial charge in [0, 0.05) is 45.0 Å². The van der Waals surface area contributed by atoms with Crippen molar-refractivity contribution < 1.29 is 13.7 Å². The molecule has 0 aromatic heterocycles. The van der Waals surface area contributed by atoms with Gasteiger partial charge in [0.05, 0.1) is 25.1 Å². The van der Waals surface area contributed by atoms with Crippen LogP contribution in [0.1, 0.15) is 57.3 Å². The Bertz CT molecular complexity index is 4030. The topological polar surface area (TPSA) is 6.48 Å². The quantitative estimate of drug-likeness (QED) is 0.133. The largest absolute Gasteiger partial charge is 0.310 e. The van der Waals surface area contributed by atoms with Gasteiger partial charge in [-0.25, -0.2) is 0 Å². The highest BCUT2D eigenvalue weighted by Crippen LogP contribution is 2.54. The van der Waals surface area contributed by atoms with Crippen molar-refractivity contribution in [2.75, 3.05) is 9.80 Å². The molecule has 0 amide bonds. The predicted octanol–water partition coefficient (Wildman–Crippen LogP) is 17.8. The van der Waals surface area contributed by atoms with Gasteiger partial charge in [-0.2, -0.15) is 0 Å². The predicted molar refractivity (Wildman–Crippen MR) is 319 cm³/mol. The van der Waals surface area contributed by atoms with Gasteiger partial charge < -0.3 is 9.80 Å². The Morgan fingerprint density at radius 1 is 0.333 bits per heavy atom. The van der Waals surface area contributed by atoms with Crippen molar-refractivity contribution in [2.45, 2.75) is 38.0 Å². The molecule has 356 valence electrons. The number of hydrogen-bond acceptors (Lipinski definition) is 2. The summed E-state index contributed by atoms with van der Waals surface area (Å²) in [5.74, 6) is 0.231. The van der Waals surface area contributed by atoms with Gasteiger partial charge in [0.15, 0.2) is 0 Å². The van der Waals surface area contributed by atoms with E-state index < -0.39 is 43.0 Å². The molecule has 75 heavy (non-hydrogen) atoms. The van der Waals surface area contributed by atoms with Gasteiger partial charge in [-0.3, -0.25) is 0 Å². The van der Waals surface area contributed by atoms with Gasteiger partial charge in [-0.15, -0.1) is 0 Å². The fraction of sp³-hybridized carbons (Fsp3) is 0.0833. The van der Waals surface area contributed by atoms with Gasteiger partial charge in [-0.05, 0) is 109 Å². The van der Waals surface area contributed by atoms with E-state index in [4.69, 9.17) is 8.22 Å². The van der Waals surface area contributed by atoms with E-state index in [1.54, 1.807) is 0 Å². The van der Waals surface area contributed by atoms with E-state index in [0.29, 0.717) is 11.1 Å². The molecule has 11 aromatic rings. The summed E-state index contributed by atoms with van der Waals surface area (Å²) in [4.78, 5) is 4.83. The van der Waals surface area contributed by atoms with E-state index in [-0.39, 0.29) is 41.2 Å². The second-order valence-electron chi connectivity index (χ2n) is 19.8. The van der Waals surface area contributed by atoms with E-state index in [1.165, 1.54) is 5.56 Å². The molecule has 0 bridgehead atoms. The molecule has 2 nitrogen and oxygen atoms in total. The third-order valence-electron chi connectivity index (χ3n) is 15.6. The highest BCUT2D eigenvalue weighted by Gasteiger charge is 2.46. The lowest BCUT2D eigenvalue weighted by atomic mass is 9.33. The monoisotopic (exact) mass is 969 g/mol. The number of para-hydroxylation sites is 2. The molecule has 1 saturated carbocycles. The van der Waals surface area contributed by atoms with Crippen molar-refractivity contribution >= 4 is 57.2 Å². The zero-order valence-electron chi connectivity index (χ0n) is 51.2. The van der Waals surface area contributed by atoms with E-state index in [9.17, 15) is 5.48 Å². The minimum Gasteiger partial charge on any atom is -0.310 e. The summed E-state index contributed by atoms with van der Waals surface area (Å²) >= 11 is 0. The molecule has 3 aliphatic rings. The lowest BCUT2D eigenvalue weighted by molar-refractivity contribution is 0.444. The fourth-order valence-corrected chi connectivity index (χ4v) is 12.3. The standard InChI is InChI=1S/C72H55BN2/c1-8-24-50(25-9-1)57-42-44-66-64(46-57)73-65-47-58(51-26-10-2-11-27-51)43-45-67(65)75(72-62(55-34-18-6-19-35-55)40-23-41-63(72)56-36-20-7-21-37-56)69-49-59(52-28-12-3-13-29-52)48-68(70(69)73)74(66)71-60(53-30-14-4-15-31-53)38-22-39-61(71)54-32-16-5-17-33-54/h1-2,4-11,14-27,30-49,52H,3,12-13,28-29H2/i1D,2D,8D,9D,10D,11D,24D,25D,26D,27D. The molecule has 0 radical (unpaired) electrons. The Hall–Kier alpha value is -8.92. The molecule has 0 N–H and O–H groups in total. The van der Waals surface area contributed by atoms with Crippen LogP contribution in [0.25, 0.3) is 66.8 Å². The molecule has 3 heteroatoms. The highest BCUT2D eigenvalue weighted by atomic mass is 15.2. The lowest BCUT2D eigenvalue weighted by Gasteiger charge is -2.46. The SMILES string of the molecule is [2H]c1c([2H])c([2H])c(-c2ccc3c(c2)B2c4cc(-c5c([2H])c([2H])c([2H])c([2H])c5[2H])ccc4N(c4c(-c5ccccc5)cccc4-c4ccccc4)c4cc(C5CCCCC5)cc(c42)N3c2c(-c3ccccc3)cccc2-c2ccccc2)c([2H])c1[2H]. The minimum absolute atomic E-state index is 0.0727. The first-order valence-electron chi connectivity index (χ1n) is 31.1. The van der Waals surface area contributed by atoms with Crippen LogP contribution in [0.5, 0.6) is 0 Å². The van der Waals surface area contributed by atoms with Crippen LogP contribution in [0.4, 0.5) is 34.1 Å². The molecule has 0 saturated heterocycles. The molecule has 0 spiro atoms. The van der Waals surface area contributed by atoms with Gasteiger partial charge >= 0.3 is 0 Å². The molecular formula is C72H55BN2. The molecule has 2 heterocycles. The molecular weight excluding hydrogens is 904 g/mol. The lowest BCUT2D eigenvalue weighted by Crippen LogP contribution is -2.61. The number of fused-ring (bicyclic) bond motifs is 4. The van der Waals surface area contributed by atoms with E-state index in [0.717, 1.165) is 127 Å². The molecule has 1 fully saturated rings.